The summed E-state index contributed by atoms with van der Waals surface area (Å²) in [6.07, 6.45) is 1.05. The first-order valence-electron chi connectivity index (χ1n) is 5.59. The minimum atomic E-state index is -0.438. The Balaban J connectivity index is 2.42. The molecule has 0 saturated carbocycles. The molecule has 2 N–H and O–H groups in total. The van der Waals surface area contributed by atoms with Crippen molar-refractivity contribution in [1.29, 1.82) is 0 Å². The van der Waals surface area contributed by atoms with Crippen molar-refractivity contribution in [3.8, 4) is 5.75 Å². The van der Waals surface area contributed by atoms with Crippen LogP contribution in [0.25, 0.3) is 0 Å². The Kier molecular flexibility index (Phi) is 5.29. The van der Waals surface area contributed by atoms with Gasteiger partial charge < -0.3 is 14.9 Å². The fourth-order valence-electron chi connectivity index (χ4n) is 1.51. The summed E-state index contributed by atoms with van der Waals surface area (Å²) < 4.78 is 5.07. The van der Waals surface area contributed by atoms with Crippen molar-refractivity contribution in [3.63, 3.8) is 0 Å². The highest BCUT2D eigenvalue weighted by atomic mass is 16.5. The van der Waals surface area contributed by atoms with Crippen LogP contribution >= 0.6 is 0 Å². The van der Waals surface area contributed by atoms with Crippen LogP contribution in [0.5, 0.6) is 5.75 Å². The van der Waals surface area contributed by atoms with Crippen LogP contribution in [-0.2, 0) is 6.42 Å². The molecule has 90 valence electrons. The number of benzene rings is 1. The van der Waals surface area contributed by atoms with Crippen LogP contribution in [0.4, 0.5) is 0 Å². The average Bonchev–Trinajstić information content (AvgIpc) is 2.35. The van der Waals surface area contributed by atoms with Crippen molar-refractivity contribution in [2.45, 2.75) is 25.9 Å². The van der Waals surface area contributed by atoms with E-state index in [2.05, 4.69) is 0 Å². The molecule has 3 heteroatoms. The summed E-state index contributed by atoms with van der Waals surface area (Å²) in [4.78, 5) is 0. The fraction of sp³-hybridized carbons (Fsp3) is 0.538. The van der Waals surface area contributed by atoms with Gasteiger partial charge in [0, 0.05) is 12.5 Å². The molecule has 1 aromatic carbocycles. The summed E-state index contributed by atoms with van der Waals surface area (Å²) in [6.45, 7) is 1.88. The molecule has 0 spiro atoms. The van der Waals surface area contributed by atoms with Crippen LogP contribution in [0, 0.1) is 5.92 Å². The number of methoxy groups -OCH3 is 1. The Hall–Kier alpha value is -1.06. The summed E-state index contributed by atoms with van der Waals surface area (Å²) >= 11 is 0. The molecule has 2 atom stereocenters. The lowest BCUT2D eigenvalue weighted by Gasteiger charge is -2.16. The van der Waals surface area contributed by atoms with E-state index in [9.17, 15) is 5.11 Å². The molecule has 2 unspecified atom stereocenters. The monoisotopic (exact) mass is 224 g/mol. The minimum absolute atomic E-state index is 0.0315. The number of aliphatic hydroxyl groups is 2. The van der Waals surface area contributed by atoms with Gasteiger partial charge in [-0.05, 0) is 30.5 Å². The maximum Gasteiger partial charge on any atom is 0.118 e. The fourth-order valence-corrected chi connectivity index (χ4v) is 1.51. The van der Waals surface area contributed by atoms with Gasteiger partial charge >= 0.3 is 0 Å². The number of ether oxygens (including phenoxy) is 1. The van der Waals surface area contributed by atoms with Crippen molar-refractivity contribution in [2.75, 3.05) is 13.7 Å². The number of rotatable bonds is 6. The summed E-state index contributed by atoms with van der Waals surface area (Å²) in [7, 11) is 1.64. The molecule has 0 aliphatic heterocycles. The molecule has 0 radical (unpaired) electrons. The quantitative estimate of drug-likeness (QED) is 0.772. The number of hydrogen-bond donors (Lipinski definition) is 2. The molecule has 0 amide bonds. The van der Waals surface area contributed by atoms with Gasteiger partial charge in [-0.25, -0.2) is 0 Å². The molecule has 0 aliphatic carbocycles. The van der Waals surface area contributed by atoms with E-state index < -0.39 is 6.10 Å². The number of aliphatic hydroxyl groups excluding tert-OH is 2. The lowest BCUT2D eigenvalue weighted by molar-refractivity contribution is 0.0709. The maximum atomic E-state index is 9.70. The summed E-state index contributed by atoms with van der Waals surface area (Å²) in [5.74, 6) is 0.784. The summed E-state index contributed by atoms with van der Waals surface area (Å²) in [5.41, 5.74) is 1.17. The first-order chi connectivity index (χ1) is 7.67. The first-order valence-corrected chi connectivity index (χ1v) is 5.59. The SMILES string of the molecule is COc1ccc(CCC(O)C(C)CO)cc1. The normalized spacial score (nSPS) is 14.5. The second-order valence-corrected chi connectivity index (χ2v) is 4.11. The van der Waals surface area contributed by atoms with Crippen molar-refractivity contribution < 1.29 is 14.9 Å². The third-order valence-corrected chi connectivity index (χ3v) is 2.83. The van der Waals surface area contributed by atoms with E-state index in [4.69, 9.17) is 9.84 Å². The van der Waals surface area contributed by atoms with Crippen molar-refractivity contribution >= 4 is 0 Å². The largest absolute Gasteiger partial charge is 0.497 e. The minimum Gasteiger partial charge on any atom is -0.497 e. The number of aryl methyl sites for hydroxylation is 1. The summed E-state index contributed by atoms with van der Waals surface area (Å²) in [5, 5.41) is 18.6. The lowest BCUT2D eigenvalue weighted by atomic mass is 9.98. The topological polar surface area (TPSA) is 49.7 Å². The van der Waals surface area contributed by atoms with E-state index in [-0.39, 0.29) is 12.5 Å². The molecule has 0 fully saturated rings. The average molecular weight is 224 g/mol. The van der Waals surface area contributed by atoms with Gasteiger partial charge in [0.15, 0.2) is 0 Å². The Labute approximate surface area is 96.7 Å². The number of hydrogen-bond acceptors (Lipinski definition) is 3. The highest BCUT2D eigenvalue weighted by molar-refractivity contribution is 5.27. The van der Waals surface area contributed by atoms with Gasteiger partial charge in [0.2, 0.25) is 0 Å². The zero-order valence-corrected chi connectivity index (χ0v) is 9.89. The van der Waals surface area contributed by atoms with E-state index in [1.807, 2.05) is 31.2 Å². The Morgan fingerprint density at radius 2 is 1.88 bits per heavy atom. The van der Waals surface area contributed by atoms with Crippen LogP contribution in [-0.4, -0.2) is 30.0 Å². The summed E-state index contributed by atoms with van der Waals surface area (Å²) in [6, 6.07) is 7.82. The standard InChI is InChI=1S/C13H20O3/c1-10(9-14)13(15)8-5-11-3-6-12(16-2)7-4-11/h3-4,6-7,10,13-15H,5,8-9H2,1-2H3. The second kappa shape index (κ2) is 6.51. The molecule has 0 bridgehead atoms. The smallest absolute Gasteiger partial charge is 0.118 e. The van der Waals surface area contributed by atoms with Crippen LogP contribution in [0.15, 0.2) is 24.3 Å². The van der Waals surface area contributed by atoms with Gasteiger partial charge in [0.05, 0.1) is 13.2 Å². The van der Waals surface area contributed by atoms with Crippen LogP contribution in [0.1, 0.15) is 18.9 Å². The van der Waals surface area contributed by atoms with Gasteiger partial charge in [0.25, 0.3) is 0 Å². The van der Waals surface area contributed by atoms with Gasteiger partial charge in [-0.1, -0.05) is 19.1 Å². The van der Waals surface area contributed by atoms with E-state index in [1.165, 1.54) is 5.56 Å². The highest BCUT2D eigenvalue weighted by Gasteiger charge is 2.12. The van der Waals surface area contributed by atoms with Crippen LogP contribution < -0.4 is 4.74 Å². The molecule has 0 aromatic heterocycles. The molecule has 1 aromatic rings. The zero-order valence-electron chi connectivity index (χ0n) is 9.89. The molecule has 16 heavy (non-hydrogen) atoms. The van der Waals surface area contributed by atoms with Crippen LogP contribution in [0.3, 0.4) is 0 Å². The highest BCUT2D eigenvalue weighted by Crippen LogP contribution is 2.15. The molecular weight excluding hydrogens is 204 g/mol. The Morgan fingerprint density at radius 1 is 1.25 bits per heavy atom. The van der Waals surface area contributed by atoms with Crippen molar-refractivity contribution in [2.24, 2.45) is 5.92 Å². The molecule has 0 heterocycles. The third kappa shape index (κ3) is 3.83. The van der Waals surface area contributed by atoms with Gasteiger partial charge in [-0.2, -0.15) is 0 Å². The molecule has 0 saturated heterocycles. The van der Waals surface area contributed by atoms with Gasteiger partial charge in [0.1, 0.15) is 5.75 Å². The van der Waals surface area contributed by atoms with Crippen molar-refractivity contribution in [1.82, 2.24) is 0 Å². The Morgan fingerprint density at radius 3 is 2.38 bits per heavy atom. The van der Waals surface area contributed by atoms with Crippen LogP contribution in [0.2, 0.25) is 0 Å². The predicted molar refractivity (Wildman–Crippen MR) is 63.6 cm³/mol. The van der Waals surface area contributed by atoms with E-state index in [1.54, 1.807) is 7.11 Å². The van der Waals surface area contributed by atoms with E-state index >= 15 is 0 Å². The third-order valence-electron chi connectivity index (χ3n) is 2.83. The van der Waals surface area contributed by atoms with Gasteiger partial charge in [-0.3, -0.25) is 0 Å². The maximum absolute atomic E-state index is 9.70. The molecule has 3 nitrogen and oxygen atoms in total. The van der Waals surface area contributed by atoms with Crippen molar-refractivity contribution in [3.05, 3.63) is 29.8 Å². The molecule has 0 aliphatic rings. The lowest BCUT2D eigenvalue weighted by Crippen LogP contribution is -2.21. The second-order valence-electron chi connectivity index (χ2n) is 4.11. The first kappa shape index (κ1) is 13.0. The van der Waals surface area contributed by atoms with E-state index in [0.29, 0.717) is 6.42 Å². The van der Waals surface area contributed by atoms with Gasteiger partial charge in [-0.15, -0.1) is 0 Å². The molecule has 1 rings (SSSR count). The van der Waals surface area contributed by atoms with E-state index in [0.717, 1.165) is 12.2 Å². The zero-order chi connectivity index (χ0) is 12.0. The Bertz CT molecular complexity index is 295. The molecular formula is C13H20O3. The predicted octanol–water partition coefficient (Wildman–Crippen LogP) is 1.62.